The van der Waals surface area contributed by atoms with Crippen molar-refractivity contribution in [2.75, 3.05) is 5.32 Å². The normalized spacial score (nSPS) is 10.4. The zero-order valence-electron chi connectivity index (χ0n) is 11.9. The first-order chi connectivity index (χ1) is 10.7. The van der Waals surface area contributed by atoms with Crippen LogP contribution in [-0.2, 0) is 6.54 Å². The Morgan fingerprint density at radius 3 is 2.73 bits per heavy atom. The first-order valence-electron chi connectivity index (χ1n) is 6.86. The molecule has 0 bridgehead atoms. The molecule has 0 atom stereocenters. The van der Waals surface area contributed by atoms with Gasteiger partial charge in [-0.3, -0.25) is 4.79 Å². The van der Waals surface area contributed by atoms with Crippen LogP contribution < -0.4 is 5.32 Å². The molecule has 0 saturated heterocycles. The zero-order valence-corrected chi connectivity index (χ0v) is 11.9. The van der Waals surface area contributed by atoms with Crippen molar-refractivity contribution in [3.05, 3.63) is 53.6 Å². The fourth-order valence-corrected chi connectivity index (χ4v) is 2.18. The Morgan fingerprint density at radius 1 is 1.27 bits per heavy atom. The van der Waals surface area contributed by atoms with Gasteiger partial charge >= 0.3 is 0 Å². The van der Waals surface area contributed by atoms with Crippen LogP contribution in [0.15, 0.2) is 42.5 Å². The summed E-state index contributed by atoms with van der Waals surface area (Å²) in [6.07, 6.45) is 0. The van der Waals surface area contributed by atoms with Gasteiger partial charge in [0.2, 0.25) is 0 Å². The van der Waals surface area contributed by atoms with Crippen molar-refractivity contribution in [3.8, 4) is 6.07 Å². The van der Waals surface area contributed by atoms with Gasteiger partial charge < -0.3 is 5.32 Å². The van der Waals surface area contributed by atoms with Crippen molar-refractivity contribution >= 4 is 22.6 Å². The lowest BCUT2D eigenvalue weighted by atomic mass is 10.1. The van der Waals surface area contributed by atoms with E-state index in [9.17, 15) is 4.79 Å². The maximum absolute atomic E-state index is 12.3. The molecule has 6 nitrogen and oxygen atoms in total. The monoisotopic (exact) mass is 291 g/mol. The van der Waals surface area contributed by atoms with Crippen molar-refractivity contribution < 1.29 is 4.79 Å². The minimum absolute atomic E-state index is 0.224. The molecule has 1 heterocycles. The zero-order chi connectivity index (χ0) is 15.5. The summed E-state index contributed by atoms with van der Waals surface area (Å²) >= 11 is 0. The summed E-state index contributed by atoms with van der Waals surface area (Å²) < 4.78 is 1.78. The third kappa shape index (κ3) is 2.52. The average molecular weight is 291 g/mol. The van der Waals surface area contributed by atoms with Crippen LogP contribution in [0, 0.1) is 11.3 Å². The molecule has 0 aliphatic carbocycles. The first kappa shape index (κ1) is 13.8. The molecule has 3 aromatic rings. The summed E-state index contributed by atoms with van der Waals surface area (Å²) in [5.74, 6) is -0.224. The fraction of sp³-hybridized carbons (Fsp3) is 0.125. The molecule has 6 heteroatoms. The van der Waals surface area contributed by atoms with E-state index in [4.69, 9.17) is 5.26 Å². The van der Waals surface area contributed by atoms with E-state index in [0.717, 1.165) is 12.1 Å². The second-order valence-electron chi connectivity index (χ2n) is 4.75. The Labute approximate surface area is 127 Å². The van der Waals surface area contributed by atoms with Gasteiger partial charge in [0.05, 0.1) is 17.1 Å². The van der Waals surface area contributed by atoms with Crippen molar-refractivity contribution in [3.63, 3.8) is 0 Å². The van der Waals surface area contributed by atoms with E-state index < -0.39 is 0 Å². The number of hydrogen-bond acceptors (Lipinski definition) is 4. The number of rotatable bonds is 3. The number of carbonyl (C=O) groups excluding carboxylic acids is 1. The predicted molar refractivity (Wildman–Crippen MR) is 82.3 cm³/mol. The number of fused-ring (bicyclic) bond motifs is 1. The molecule has 22 heavy (non-hydrogen) atoms. The van der Waals surface area contributed by atoms with Gasteiger partial charge in [-0.15, -0.1) is 5.10 Å². The minimum atomic E-state index is -0.224. The third-order valence-corrected chi connectivity index (χ3v) is 3.35. The number of carbonyl (C=O) groups is 1. The molecule has 0 fully saturated rings. The lowest BCUT2D eigenvalue weighted by Crippen LogP contribution is -2.11. The molecule has 1 aromatic heterocycles. The lowest BCUT2D eigenvalue weighted by molar-refractivity contribution is 0.102. The smallest absolute Gasteiger partial charge is 0.255 e. The third-order valence-electron chi connectivity index (χ3n) is 3.35. The van der Waals surface area contributed by atoms with Gasteiger partial charge in [0.1, 0.15) is 5.52 Å². The Hall–Kier alpha value is -3.20. The molecule has 1 amide bonds. The van der Waals surface area contributed by atoms with E-state index in [1.165, 1.54) is 0 Å². The number of aromatic nitrogens is 3. The molecule has 0 radical (unpaired) electrons. The molecule has 0 aliphatic rings. The second-order valence-corrected chi connectivity index (χ2v) is 4.75. The molecular formula is C16H13N5O. The molecule has 108 valence electrons. The van der Waals surface area contributed by atoms with Crippen molar-refractivity contribution in [1.82, 2.24) is 15.0 Å². The quantitative estimate of drug-likeness (QED) is 0.803. The fourth-order valence-electron chi connectivity index (χ4n) is 2.18. The minimum Gasteiger partial charge on any atom is -0.322 e. The van der Waals surface area contributed by atoms with Crippen LogP contribution in [0.1, 0.15) is 22.8 Å². The number of anilines is 1. The predicted octanol–water partition coefficient (Wildman–Crippen LogP) is 2.58. The number of benzene rings is 2. The largest absolute Gasteiger partial charge is 0.322 e. The number of nitriles is 1. The van der Waals surface area contributed by atoms with Gasteiger partial charge in [-0.2, -0.15) is 5.26 Å². The Morgan fingerprint density at radius 2 is 2.05 bits per heavy atom. The summed E-state index contributed by atoms with van der Waals surface area (Å²) in [6.45, 7) is 2.72. The summed E-state index contributed by atoms with van der Waals surface area (Å²) in [5, 5.41) is 19.6. The average Bonchev–Trinajstić information content (AvgIpc) is 2.97. The number of nitrogens with zero attached hydrogens (tertiary/aromatic N) is 4. The van der Waals surface area contributed by atoms with Gasteiger partial charge in [0, 0.05) is 17.8 Å². The topological polar surface area (TPSA) is 83.6 Å². The van der Waals surface area contributed by atoms with E-state index in [2.05, 4.69) is 15.6 Å². The highest BCUT2D eigenvalue weighted by Crippen LogP contribution is 2.15. The Bertz CT molecular complexity index is 874. The van der Waals surface area contributed by atoms with Crippen molar-refractivity contribution in [2.24, 2.45) is 0 Å². The van der Waals surface area contributed by atoms with Crippen LogP contribution in [0.4, 0.5) is 5.69 Å². The summed E-state index contributed by atoms with van der Waals surface area (Å²) in [7, 11) is 0. The van der Waals surface area contributed by atoms with Crippen LogP contribution in [0.25, 0.3) is 11.0 Å². The van der Waals surface area contributed by atoms with E-state index in [1.807, 2.05) is 19.1 Å². The highest BCUT2D eigenvalue weighted by atomic mass is 16.1. The van der Waals surface area contributed by atoms with Crippen molar-refractivity contribution in [1.29, 1.82) is 5.26 Å². The molecule has 0 aliphatic heterocycles. The van der Waals surface area contributed by atoms with Crippen LogP contribution in [0.3, 0.4) is 0 Å². The second kappa shape index (κ2) is 5.66. The number of amides is 1. The Balaban J connectivity index is 1.83. The van der Waals surface area contributed by atoms with Crippen LogP contribution >= 0.6 is 0 Å². The molecular weight excluding hydrogens is 278 g/mol. The van der Waals surface area contributed by atoms with E-state index >= 15 is 0 Å². The molecule has 1 N–H and O–H groups in total. The van der Waals surface area contributed by atoms with Gasteiger partial charge in [0.25, 0.3) is 5.91 Å². The molecule has 0 spiro atoms. The number of aryl methyl sites for hydroxylation is 1. The number of nitrogens with one attached hydrogen (secondary N) is 1. The van der Waals surface area contributed by atoms with Crippen LogP contribution in [0.2, 0.25) is 0 Å². The van der Waals surface area contributed by atoms with Gasteiger partial charge in [-0.1, -0.05) is 5.21 Å². The van der Waals surface area contributed by atoms with Gasteiger partial charge in [0.15, 0.2) is 0 Å². The molecule has 3 rings (SSSR count). The van der Waals surface area contributed by atoms with Crippen LogP contribution in [0.5, 0.6) is 0 Å². The highest BCUT2D eigenvalue weighted by Gasteiger charge is 2.10. The summed E-state index contributed by atoms with van der Waals surface area (Å²) in [5.41, 5.74) is 3.30. The summed E-state index contributed by atoms with van der Waals surface area (Å²) in [4.78, 5) is 12.3. The standard InChI is InChI=1S/C16H13N5O/c1-2-21-15-8-5-12(9-14(15)19-20-21)16(22)18-13-6-3-11(10-17)4-7-13/h3-9H,2H2,1H3,(H,18,22). The van der Waals surface area contributed by atoms with E-state index in [-0.39, 0.29) is 5.91 Å². The van der Waals surface area contributed by atoms with Crippen LogP contribution in [-0.4, -0.2) is 20.9 Å². The van der Waals surface area contributed by atoms with E-state index in [0.29, 0.717) is 22.3 Å². The number of hydrogen-bond donors (Lipinski definition) is 1. The Kier molecular flexibility index (Phi) is 3.54. The highest BCUT2D eigenvalue weighted by molar-refractivity contribution is 6.05. The van der Waals surface area contributed by atoms with Gasteiger partial charge in [-0.05, 0) is 49.4 Å². The molecule has 0 unspecified atom stereocenters. The maximum atomic E-state index is 12.3. The van der Waals surface area contributed by atoms with Crippen molar-refractivity contribution in [2.45, 2.75) is 13.5 Å². The molecule has 0 saturated carbocycles. The van der Waals surface area contributed by atoms with E-state index in [1.54, 1.807) is 41.1 Å². The maximum Gasteiger partial charge on any atom is 0.255 e. The first-order valence-corrected chi connectivity index (χ1v) is 6.86. The van der Waals surface area contributed by atoms with Gasteiger partial charge in [-0.25, -0.2) is 4.68 Å². The molecule has 2 aromatic carbocycles. The lowest BCUT2D eigenvalue weighted by Gasteiger charge is -2.05. The summed E-state index contributed by atoms with van der Waals surface area (Å²) in [6, 6.07) is 14.0. The SMILES string of the molecule is CCn1nnc2cc(C(=O)Nc3ccc(C#N)cc3)ccc21.